The van der Waals surface area contributed by atoms with Crippen LogP contribution >= 0.6 is 0 Å². The van der Waals surface area contributed by atoms with Crippen LogP contribution < -0.4 is 11.1 Å². The van der Waals surface area contributed by atoms with E-state index in [9.17, 15) is 13.5 Å². The summed E-state index contributed by atoms with van der Waals surface area (Å²) in [6, 6.07) is 4.41. The smallest absolute Gasteiger partial charge is 0.242 e. The SMILES string of the molecule is COCC(O)CNc1cc(S(=O)(=O)N(C)C)ccc1N. The van der Waals surface area contributed by atoms with E-state index in [2.05, 4.69) is 5.32 Å². The molecular formula is C12H21N3O4S. The van der Waals surface area contributed by atoms with Gasteiger partial charge >= 0.3 is 0 Å². The zero-order valence-electron chi connectivity index (χ0n) is 11.8. The lowest BCUT2D eigenvalue weighted by atomic mass is 10.2. The second-order valence-electron chi connectivity index (χ2n) is 4.53. The first kappa shape index (κ1) is 16.7. The van der Waals surface area contributed by atoms with E-state index >= 15 is 0 Å². The third kappa shape index (κ3) is 4.07. The second-order valence-corrected chi connectivity index (χ2v) is 6.68. The van der Waals surface area contributed by atoms with Crippen molar-refractivity contribution < 1.29 is 18.3 Å². The Hall–Kier alpha value is -1.35. The zero-order chi connectivity index (χ0) is 15.3. The average molecular weight is 303 g/mol. The molecule has 0 bridgehead atoms. The topological polar surface area (TPSA) is 105 Å². The van der Waals surface area contributed by atoms with Gasteiger partial charge < -0.3 is 20.9 Å². The Morgan fingerprint density at radius 3 is 2.65 bits per heavy atom. The lowest BCUT2D eigenvalue weighted by Crippen LogP contribution is -2.25. The molecule has 1 aromatic rings. The number of nitrogen functional groups attached to an aromatic ring is 1. The molecule has 4 N–H and O–H groups in total. The van der Waals surface area contributed by atoms with Crippen molar-refractivity contribution >= 4 is 21.4 Å². The fourth-order valence-electron chi connectivity index (χ4n) is 1.54. The lowest BCUT2D eigenvalue weighted by molar-refractivity contribution is 0.0728. The number of benzene rings is 1. The lowest BCUT2D eigenvalue weighted by Gasteiger charge is -2.16. The van der Waals surface area contributed by atoms with Crippen LogP contribution in [-0.2, 0) is 14.8 Å². The normalized spacial score (nSPS) is 13.4. The van der Waals surface area contributed by atoms with Crippen molar-refractivity contribution in [3.8, 4) is 0 Å². The van der Waals surface area contributed by atoms with E-state index < -0.39 is 16.1 Å². The number of rotatable bonds is 7. The number of nitrogens with one attached hydrogen (secondary N) is 1. The Labute approximate surface area is 119 Å². The zero-order valence-corrected chi connectivity index (χ0v) is 12.6. The van der Waals surface area contributed by atoms with E-state index in [0.29, 0.717) is 11.4 Å². The van der Waals surface area contributed by atoms with Gasteiger partial charge in [-0.05, 0) is 18.2 Å². The van der Waals surface area contributed by atoms with Crippen molar-refractivity contribution in [2.45, 2.75) is 11.0 Å². The summed E-state index contributed by atoms with van der Waals surface area (Å²) in [5, 5.41) is 12.5. The van der Waals surface area contributed by atoms with Crippen molar-refractivity contribution in [3.63, 3.8) is 0 Å². The number of anilines is 2. The molecule has 0 saturated carbocycles. The molecule has 0 spiro atoms. The number of sulfonamides is 1. The molecule has 0 heterocycles. The number of aliphatic hydroxyl groups is 1. The third-order valence-corrected chi connectivity index (χ3v) is 4.50. The van der Waals surface area contributed by atoms with E-state index in [0.717, 1.165) is 4.31 Å². The van der Waals surface area contributed by atoms with Crippen molar-refractivity contribution in [3.05, 3.63) is 18.2 Å². The Morgan fingerprint density at radius 2 is 2.10 bits per heavy atom. The summed E-state index contributed by atoms with van der Waals surface area (Å²) in [5.41, 5.74) is 6.66. The molecule has 1 unspecified atom stereocenters. The maximum Gasteiger partial charge on any atom is 0.242 e. The number of hydrogen-bond donors (Lipinski definition) is 3. The molecule has 0 fully saturated rings. The first-order valence-electron chi connectivity index (χ1n) is 6.02. The highest BCUT2D eigenvalue weighted by atomic mass is 32.2. The minimum atomic E-state index is -3.51. The Balaban J connectivity index is 2.93. The van der Waals surface area contributed by atoms with Gasteiger partial charge in [0.05, 0.1) is 29.0 Å². The molecule has 114 valence electrons. The molecule has 0 aliphatic rings. The minimum Gasteiger partial charge on any atom is -0.397 e. The number of hydrogen-bond acceptors (Lipinski definition) is 6. The number of ether oxygens (including phenoxy) is 1. The van der Waals surface area contributed by atoms with Gasteiger partial charge in [0.25, 0.3) is 0 Å². The first-order valence-corrected chi connectivity index (χ1v) is 7.46. The highest BCUT2D eigenvalue weighted by molar-refractivity contribution is 7.89. The summed E-state index contributed by atoms with van der Waals surface area (Å²) < 4.78 is 30.0. The molecule has 0 aliphatic carbocycles. The highest BCUT2D eigenvalue weighted by Gasteiger charge is 2.18. The van der Waals surface area contributed by atoms with Crippen LogP contribution in [0.4, 0.5) is 11.4 Å². The quantitative estimate of drug-likeness (QED) is 0.609. The molecule has 20 heavy (non-hydrogen) atoms. The Bertz CT molecular complexity index is 546. The van der Waals surface area contributed by atoms with E-state index in [1.54, 1.807) is 0 Å². The maximum atomic E-state index is 12.0. The number of aliphatic hydroxyl groups excluding tert-OH is 1. The van der Waals surface area contributed by atoms with Crippen LogP contribution in [0.25, 0.3) is 0 Å². The van der Waals surface area contributed by atoms with Crippen molar-refractivity contribution in [1.82, 2.24) is 4.31 Å². The van der Waals surface area contributed by atoms with Gasteiger partial charge in [0, 0.05) is 27.7 Å². The molecular weight excluding hydrogens is 282 g/mol. The number of nitrogens with two attached hydrogens (primary N) is 1. The first-order chi connectivity index (χ1) is 9.28. The predicted octanol–water partition coefficient (Wildman–Crippen LogP) is -0.0617. The molecule has 0 aromatic heterocycles. The van der Waals surface area contributed by atoms with Crippen LogP contribution in [-0.4, -0.2) is 58.3 Å². The molecule has 7 nitrogen and oxygen atoms in total. The van der Waals surface area contributed by atoms with Crippen LogP contribution in [0, 0.1) is 0 Å². The van der Waals surface area contributed by atoms with E-state index in [-0.39, 0.29) is 18.0 Å². The van der Waals surface area contributed by atoms with Gasteiger partial charge in [0.1, 0.15) is 0 Å². The molecule has 8 heteroatoms. The molecule has 0 amide bonds. The fourth-order valence-corrected chi connectivity index (χ4v) is 2.47. The highest BCUT2D eigenvalue weighted by Crippen LogP contribution is 2.24. The second kappa shape index (κ2) is 6.89. The summed E-state index contributed by atoms with van der Waals surface area (Å²) in [6.45, 7) is 0.395. The molecule has 0 radical (unpaired) electrons. The van der Waals surface area contributed by atoms with E-state index in [4.69, 9.17) is 10.5 Å². The average Bonchev–Trinajstić information content (AvgIpc) is 2.37. The Kier molecular flexibility index (Phi) is 5.75. The van der Waals surface area contributed by atoms with Gasteiger partial charge in [-0.15, -0.1) is 0 Å². The Morgan fingerprint density at radius 1 is 1.45 bits per heavy atom. The number of nitrogens with zero attached hydrogens (tertiary/aromatic N) is 1. The van der Waals surface area contributed by atoms with E-state index in [1.165, 1.54) is 39.4 Å². The predicted molar refractivity (Wildman–Crippen MR) is 78.1 cm³/mol. The summed E-state index contributed by atoms with van der Waals surface area (Å²) >= 11 is 0. The van der Waals surface area contributed by atoms with Crippen molar-refractivity contribution in [2.24, 2.45) is 0 Å². The fraction of sp³-hybridized carbons (Fsp3) is 0.500. The summed E-state index contributed by atoms with van der Waals surface area (Å²) in [7, 11) is 0.893. The number of methoxy groups -OCH3 is 1. The summed E-state index contributed by atoms with van der Waals surface area (Å²) in [6.07, 6.45) is -0.700. The van der Waals surface area contributed by atoms with Crippen LogP contribution in [0.15, 0.2) is 23.1 Å². The molecule has 0 aliphatic heterocycles. The van der Waals surface area contributed by atoms with Gasteiger partial charge in [-0.1, -0.05) is 0 Å². The van der Waals surface area contributed by atoms with Gasteiger partial charge in [0.2, 0.25) is 10.0 Å². The largest absolute Gasteiger partial charge is 0.397 e. The summed E-state index contributed by atoms with van der Waals surface area (Å²) in [4.78, 5) is 0.139. The van der Waals surface area contributed by atoms with Crippen LogP contribution in [0.1, 0.15) is 0 Å². The minimum absolute atomic E-state index is 0.139. The van der Waals surface area contributed by atoms with Crippen molar-refractivity contribution in [2.75, 3.05) is 45.4 Å². The molecule has 1 aromatic carbocycles. The van der Waals surface area contributed by atoms with E-state index in [1.807, 2.05) is 0 Å². The standard InChI is InChI=1S/C12H21N3O4S/c1-15(2)20(17,18)10-4-5-11(13)12(6-10)14-7-9(16)8-19-3/h4-6,9,14,16H,7-8,13H2,1-3H3. The third-order valence-electron chi connectivity index (χ3n) is 2.69. The van der Waals surface area contributed by atoms with Crippen LogP contribution in [0.3, 0.4) is 0 Å². The molecule has 1 rings (SSSR count). The molecule has 1 atom stereocenters. The van der Waals surface area contributed by atoms with Gasteiger partial charge in [0.15, 0.2) is 0 Å². The summed E-state index contributed by atoms with van der Waals surface area (Å²) in [5.74, 6) is 0. The van der Waals surface area contributed by atoms with Crippen molar-refractivity contribution in [1.29, 1.82) is 0 Å². The van der Waals surface area contributed by atoms with Crippen LogP contribution in [0.2, 0.25) is 0 Å². The molecule has 0 saturated heterocycles. The van der Waals surface area contributed by atoms with Crippen LogP contribution in [0.5, 0.6) is 0 Å². The monoisotopic (exact) mass is 303 g/mol. The maximum absolute atomic E-state index is 12.0. The van der Waals surface area contributed by atoms with Gasteiger partial charge in [-0.25, -0.2) is 12.7 Å². The van der Waals surface area contributed by atoms with Gasteiger partial charge in [-0.2, -0.15) is 0 Å². The van der Waals surface area contributed by atoms with Gasteiger partial charge in [-0.3, -0.25) is 0 Å².